The number of hydrogen-bond donors (Lipinski definition) is 5. The highest BCUT2D eigenvalue weighted by Crippen LogP contribution is 2.32. The molecule has 2 aromatic carbocycles. The zero-order chi connectivity index (χ0) is 22.1. The molecule has 0 aliphatic heterocycles. The summed E-state index contributed by atoms with van der Waals surface area (Å²) >= 11 is 0. The Bertz CT molecular complexity index is 1290. The lowest BCUT2D eigenvalue weighted by Gasteiger charge is -2.10. The Morgan fingerprint density at radius 1 is 1.13 bits per heavy atom. The van der Waals surface area contributed by atoms with Crippen molar-refractivity contribution in [3.05, 3.63) is 71.0 Å². The van der Waals surface area contributed by atoms with Crippen molar-refractivity contribution in [1.82, 2.24) is 15.0 Å². The van der Waals surface area contributed by atoms with Crippen molar-refractivity contribution in [2.75, 3.05) is 5.32 Å². The Hall–Kier alpha value is -3.69. The van der Waals surface area contributed by atoms with E-state index in [4.69, 9.17) is 5.73 Å². The number of anilines is 1. The Labute approximate surface area is 179 Å². The van der Waals surface area contributed by atoms with Crippen LogP contribution in [-0.2, 0) is 6.54 Å². The Morgan fingerprint density at radius 2 is 1.90 bits per heavy atom. The number of aryl methyl sites for hydroxylation is 2. The molecule has 0 atom stereocenters. The second-order valence-corrected chi connectivity index (χ2v) is 7.41. The van der Waals surface area contributed by atoms with Gasteiger partial charge in [-0.2, -0.15) is 0 Å². The fourth-order valence-corrected chi connectivity index (χ4v) is 3.67. The quantitative estimate of drug-likeness (QED) is 0.304. The maximum Gasteiger partial charge on any atom is 0.488 e. The number of fused-ring (bicyclic) bond motifs is 1. The Kier molecular flexibility index (Phi) is 5.45. The molecule has 4 aromatic rings. The van der Waals surface area contributed by atoms with Gasteiger partial charge in [-0.25, -0.2) is 9.97 Å². The van der Waals surface area contributed by atoms with E-state index in [1.54, 1.807) is 30.3 Å². The fourth-order valence-electron chi connectivity index (χ4n) is 3.67. The molecule has 4 rings (SSSR count). The molecule has 0 aliphatic rings. The molecule has 31 heavy (non-hydrogen) atoms. The molecule has 6 N–H and O–H groups in total. The van der Waals surface area contributed by atoms with Gasteiger partial charge in [-0.1, -0.05) is 36.4 Å². The summed E-state index contributed by atoms with van der Waals surface area (Å²) in [5.41, 5.74) is 10.4. The monoisotopic (exact) mass is 415 g/mol. The first-order valence-electron chi connectivity index (χ1n) is 9.79. The van der Waals surface area contributed by atoms with Crippen molar-refractivity contribution in [3.63, 3.8) is 0 Å². The van der Waals surface area contributed by atoms with Crippen LogP contribution in [-0.4, -0.2) is 38.0 Å². The van der Waals surface area contributed by atoms with E-state index in [0.29, 0.717) is 34.7 Å². The van der Waals surface area contributed by atoms with Crippen LogP contribution in [0.4, 0.5) is 5.82 Å². The SMILES string of the molecule is Cc1cc(NCc2cccc(B(O)O)c2)nc(-c2c(C)[nH]c3c(C(N)=O)cccc23)n1. The minimum absolute atomic E-state index is 0.420. The molecule has 0 fully saturated rings. The van der Waals surface area contributed by atoms with Crippen molar-refractivity contribution >= 4 is 35.2 Å². The number of H-pyrrole nitrogens is 1. The summed E-state index contributed by atoms with van der Waals surface area (Å²) in [5, 5.41) is 22.8. The zero-order valence-electron chi connectivity index (χ0n) is 17.2. The van der Waals surface area contributed by atoms with Crippen LogP contribution in [0, 0.1) is 13.8 Å². The first-order chi connectivity index (χ1) is 14.8. The molecule has 0 radical (unpaired) electrons. The first-order valence-corrected chi connectivity index (χ1v) is 9.79. The minimum atomic E-state index is -1.51. The molecule has 8 nitrogen and oxygen atoms in total. The van der Waals surface area contributed by atoms with Gasteiger partial charge in [0.25, 0.3) is 5.91 Å². The summed E-state index contributed by atoms with van der Waals surface area (Å²) in [6, 6.07) is 14.3. The number of aromatic nitrogens is 3. The highest BCUT2D eigenvalue weighted by molar-refractivity contribution is 6.58. The predicted octanol–water partition coefficient (Wildman–Crippen LogP) is 1.63. The molecule has 0 spiro atoms. The van der Waals surface area contributed by atoms with Crippen LogP contribution in [0.1, 0.15) is 27.3 Å². The molecule has 0 bridgehead atoms. The first kappa shape index (κ1) is 20.6. The minimum Gasteiger partial charge on any atom is -0.423 e. The maximum absolute atomic E-state index is 11.8. The van der Waals surface area contributed by atoms with Crippen LogP contribution >= 0.6 is 0 Å². The number of hydrogen-bond acceptors (Lipinski definition) is 6. The summed E-state index contributed by atoms with van der Waals surface area (Å²) in [5.74, 6) is 0.672. The standard InChI is InChI=1S/C22H22BN5O3/c1-12-9-18(25-11-14-5-3-6-15(10-14)23(30)31)28-22(26-12)19-13(2)27-20-16(19)7-4-8-17(20)21(24)29/h3-10,27,30-31H,11H2,1-2H3,(H2,24,29)(H,25,26,28). The van der Waals surface area contributed by atoms with Gasteiger partial charge < -0.3 is 26.1 Å². The average Bonchev–Trinajstić information content (AvgIpc) is 3.07. The second kappa shape index (κ2) is 8.21. The topological polar surface area (TPSA) is 137 Å². The second-order valence-electron chi connectivity index (χ2n) is 7.41. The summed E-state index contributed by atoms with van der Waals surface area (Å²) < 4.78 is 0. The molecule has 0 saturated carbocycles. The normalized spacial score (nSPS) is 11.0. The molecule has 0 saturated heterocycles. The Morgan fingerprint density at radius 3 is 2.65 bits per heavy atom. The molecule has 1 amide bonds. The van der Waals surface area contributed by atoms with Crippen molar-refractivity contribution in [2.45, 2.75) is 20.4 Å². The van der Waals surface area contributed by atoms with Crippen molar-refractivity contribution in [2.24, 2.45) is 5.73 Å². The van der Waals surface area contributed by atoms with Crippen LogP contribution in [0.5, 0.6) is 0 Å². The third kappa shape index (κ3) is 4.14. The lowest BCUT2D eigenvalue weighted by atomic mass is 9.80. The molecule has 0 unspecified atom stereocenters. The molecular weight excluding hydrogens is 393 g/mol. The highest BCUT2D eigenvalue weighted by atomic mass is 16.4. The van der Waals surface area contributed by atoms with Gasteiger partial charge in [-0.3, -0.25) is 4.79 Å². The van der Waals surface area contributed by atoms with Gasteiger partial charge in [-0.05, 0) is 30.9 Å². The third-order valence-electron chi connectivity index (χ3n) is 5.09. The number of para-hydroxylation sites is 1. The van der Waals surface area contributed by atoms with Gasteiger partial charge in [0.2, 0.25) is 0 Å². The van der Waals surface area contributed by atoms with Gasteiger partial charge in [0.15, 0.2) is 5.82 Å². The van der Waals surface area contributed by atoms with E-state index >= 15 is 0 Å². The molecule has 0 aliphatic carbocycles. The smallest absolute Gasteiger partial charge is 0.423 e. The number of nitrogens with two attached hydrogens (primary N) is 1. The molecule has 156 valence electrons. The molecular formula is C22H22BN5O3. The summed E-state index contributed by atoms with van der Waals surface area (Å²) in [6.45, 7) is 4.25. The van der Waals surface area contributed by atoms with E-state index in [2.05, 4.69) is 20.3 Å². The largest absolute Gasteiger partial charge is 0.488 e. The van der Waals surface area contributed by atoms with Crippen molar-refractivity contribution < 1.29 is 14.8 Å². The van der Waals surface area contributed by atoms with E-state index in [0.717, 1.165) is 27.9 Å². The van der Waals surface area contributed by atoms with Crippen LogP contribution < -0.4 is 16.5 Å². The number of rotatable bonds is 6. The van der Waals surface area contributed by atoms with Crippen LogP contribution in [0.2, 0.25) is 0 Å². The van der Waals surface area contributed by atoms with E-state index in [-0.39, 0.29) is 0 Å². The molecule has 2 aromatic heterocycles. The van der Waals surface area contributed by atoms with E-state index < -0.39 is 13.0 Å². The van der Waals surface area contributed by atoms with E-state index in [9.17, 15) is 14.8 Å². The number of carbonyl (C=O) groups is 1. The maximum atomic E-state index is 11.8. The van der Waals surface area contributed by atoms with Crippen LogP contribution in [0.25, 0.3) is 22.3 Å². The predicted molar refractivity (Wildman–Crippen MR) is 121 cm³/mol. The lowest BCUT2D eigenvalue weighted by molar-refractivity contribution is 0.100. The van der Waals surface area contributed by atoms with Gasteiger partial charge in [0, 0.05) is 34.9 Å². The van der Waals surface area contributed by atoms with Crippen LogP contribution in [0.15, 0.2) is 48.5 Å². The number of nitrogens with zero attached hydrogens (tertiary/aromatic N) is 2. The van der Waals surface area contributed by atoms with Gasteiger partial charge in [0.05, 0.1) is 11.1 Å². The van der Waals surface area contributed by atoms with Crippen LogP contribution in [0.3, 0.4) is 0 Å². The molecule has 9 heteroatoms. The van der Waals surface area contributed by atoms with Gasteiger partial charge in [0.1, 0.15) is 5.82 Å². The van der Waals surface area contributed by atoms with E-state index in [1.165, 1.54) is 0 Å². The Balaban J connectivity index is 1.69. The highest BCUT2D eigenvalue weighted by Gasteiger charge is 2.18. The third-order valence-corrected chi connectivity index (χ3v) is 5.09. The summed E-state index contributed by atoms with van der Waals surface area (Å²) in [6.07, 6.45) is 0. The van der Waals surface area contributed by atoms with Gasteiger partial charge in [-0.15, -0.1) is 0 Å². The van der Waals surface area contributed by atoms with Crippen molar-refractivity contribution in [1.29, 1.82) is 0 Å². The summed E-state index contributed by atoms with van der Waals surface area (Å²) in [4.78, 5) is 24.3. The van der Waals surface area contributed by atoms with Gasteiger partial charge >= 0.3 is 7.12 Å². The average molecular weight is 415 g/mol. The number of nitrogens with one attached hydrogen (secondary N) is 2. The van der Waals surface area contributed by atoms with E-state index in [1.807, 2.05) is 32.0 Å². The number of primary amides is 1. The molecule has 2 heterocycles. The fraction of sp³-hybridized carbons (Fsp3) is 0.136. The number of benzene rings is 2. The summed E-state index contributed by atoms with van der Waals surface area (Å²) in [7, 11) is -1.51. The number of aromatic amines is 1. The zero-order valence-corrected chi connectivity index (χ0v) is 17.2. The van der Waals surface area contributed by atoms with Crippen molar-refractivity contribution in [3.8, 4) is 11.4 Å². The number of amides is 1. The lowest BCUT2D eigenvalue weighted by Crippen LogP contribution is -2.30. The number of carbonyl (C=O) groups excluding carboxylic acids is 1.